The quantitative estimate of drug-likeness (QED) is 0.392. The van der Waals surface area contributed by atoms with Gasteiger partial charge in [-0.1, -0.05) is 30.1 Å². The Morgan fingerprint density at radius 2 is 1.93 bits per heavy atom. The van der Waals surface area contributed by atoms with Crippen molar-refractivity contribution < 1.29 is 4.79 Å². The highest BCUT2D eigenvalue weighted by Gasteiger charge is 2.32. The van der Waals surface area contributed by atoms with Gasteiger partial charge in [-0.15, -0.1) is 6.58 Å². The lowest BCUT2D eigenvalue weighted by Gasteiger charge is -2.36. The van der Waals surface area contributed by atoms with Crippen LogP contribution in [0.1, 0.15) is 23.6 Å². The zero-order valence-electron chi connectivity index (χ0n) is 17.5. The summed E-state index contributed by atoms with van der Waals surface area (Å²) in [6.45, 7) is 11.4. The van der Waals surface area contributed by atoms with E-state index < -0.39 is 0 Å². The predicted octanol–water partition coefficient (Wildman–Crippen LogP) is 2.19. The van der Waals surface area contributed by atoms with Crippen LogP contribution >= 0.6 is 24.0 Å². The van der Waals surface area contributed by atoms with E-state index in [0.29, 0.717) is 27.9 Å². The van der Waals surface area contributed by atoms with E-state index in [2.05, 4.69) is 29.5 Å². The molecule has 0 aliphatic carbocycles. The van der Waals surface area contributed by atoms with Crippen LogP contribution in [0, 0.1) is 18.3 Å². The monoisotopic (exact) mass is 443 g/mol. The molecule has 0 unspecified atom stereocenters. The first kappa shape index (κ1) is 22.3. The minimum Gasteiger partial charge on any atom is -0.355 e. The minimum absolute atomic E-state index is 0.113. The van der Waals surface area contributed by atoms with Crippen molar-refractivity contribution in [1.29, 1.82) is 5.26 Å². The Balaban J connectivity index is 2.21. The van der Waals surface area contributed by atoms with Gasteiger partial charge in [-0.3, -0.25) is 19.1 Å². The summed E-state index contributed by atoms with van der Waals surface area (Å²) in [7, 11) is 2.07. The standard InChI is InChI=1S/C21H25N5O2S2/c1-5-7-26-20(28)17(30-21(26)29)12-15-14(3)16(13-22)19(27)25(6-2)18(15)24-10-8-23(4)9-11-24/h5,12H,1,6-11H2,2-4H3/b17-12-. The second-order valence-corrected chi connectivity index (χ2v) is 8.95. The van der Waals surface area contributed by atoms with E-state index >= 15 is 0 Å². The number of nitriles is 1. The summed E-state index contributed by atoms with van der Waals surface area (Å²) in [5.74, 6) is 0.586. The molecule has 0 spiro atoms. The molecular weight excluding hydrogens is 418 g/mol. The highest BCUT2D eigenvalue weighted by molar-refractivity contribution is 8.26. The predicted molar refractivity (Wildman–Crippen MR) is 126 cm³/mol. The molecule has 0 N–H and O–H groups in total. The number of anilines is 1. The Morgan fingerprint density at radius 1 is 1.27 bits per heavy atom. The summed E-state index contributed by atoms with van der Waals surface area (Å²) in [5, 5.41) is 9.63. The Morgan fingerprint density at radius 3 is 2.50 bits per heavy atom. The SMILES string of the molecule is C=CCN1C(=O)/C(=C/c2c(C)c(C#N)c(=O)n(CC)c2N2CCN(C)CC2)SC1=S. The van der Waals surface area contributed by atoms with Crippen molar-refractivity contribution in [1.82, 2.24) is 14.4 Å². The van der Waals surface area contributed by atoms with Crippen LogP contribution in [-0.2, 0) is 11.3 Å². The van der Waals surface area contributed by atoms with Gasteiger partial charge in [-0.2, -0.15) is 5.26 Å². The number of carbonyl (C=O) groups is 1. The molecule has 0 bridgehead atoms. The number of hydrogen-bond donors (Lipinski definition) is 0. The van der Waals surface area contributed by atoms with Gasteiger partial charge in [-0.25, -0.2) is 0 Å². The summed E-state index contributed by atoms with van der Waals surface area (Å²) in [4.78, 5) is 32.3. The average molecular weight is 444 g/mol. The van der Waals surface area contributed by atoms with Crippen molar-refractivity contribution in [3.63, 3.8) is 0 Å². The molecule has 7 nitrogen and oxygen atoms in total. The third kappa shape index (κ3) is 3.95. The Hall–Kier alpha value is -2.41. The summed E-state index contributed by atoms with van der Waals surface area (Å²) < 4.78 is 2.13. The Labute approximate surface area is 186 Å². The molecule has 0 saturated carbocycles. The van der Waals surface area contributed by atoms with Crippen molar-refractivity contribution in [2.45, 2.75) is 20.4 Å². The molecule has 2 aliphatic heterocycles. The van der Waals surface area contributed by atoms with Gasteiger partial charge in [0, 0.05) is 44.8 Å². The molecular formula is C21H25N5O2S2. The molecule has 158 valence electrons. The van der Waals surface area contributed by atoms with Crippen LogP contribution in [0.25, 0.3) is 6.08 Å². The highest BCUT2D eigenvalue weighted by Crippen LogP contribution is 2.35. The topological polar surface area (TPSA) is 72.6 Å². The van der Waals surface area contributed by atoms with Crippen LogP contribution < -0.4 is 10.5 Å². The third-order valence-electron chi connectivity index (χ3n) is 5.43. The zero-order valence-corrected chi connectivity index (χ0v) is 19.1. The van der Waals surface area contributed by atoms with Gasteiger partial charge in [0.15, 0.2) is 0 Å². The lowest BCUT2D eigenvalue weighted by molar-refractivity contribution is -0.121. The summed E-state index contributed by atoms with van der Waals surface area (Å²) in [6.07, 6.45) is 3.43. The van der Waals surface area contributed by atoms with Gasteiger partial charge in [0.2, 0.25) is 0 Å². The molecule has 0 atom stereocenters. The van der Waals surface area contributed by atoms with E-state index in [-0.39, 0.29) is 17.0 Å². The van der Waals surface area contributed by atoms with Gasteiger partial charge in [0.05, 0.1) is 4.91 Å². The number of likely N-dealkylation sites (N-methyl/N-ethyl adjacent to an activating group) is 1. The van der Waals surface area contributed by atoms with Crippen LogP contribution in [0.5, 0.6) is 0 Å². The fourth-order valence-corrected chi connectivity index (χ4v) is 4.97. The number of carbonyl (C=O) groups excluding carboxylic acids is 1. The molecule has 1 amide bonds. The van der Waals surface area contributed by atoms with Gasteiger partial charge >= 0.3 is 0 Å². The zero-order chi connectivity index (χ0) is 22.0. The maximum atomic E-state index is 13.0. The maximum Gasteiger partial charge on any atom is 0.270 e. The molecule has 3 rings (SSSR count). The first-order valence-corrected chi connectivity index (χ1v) is 11.0. The summed E-state index contributed by atoms with van der Waals surface area (Å²) in [5.41, 5.74) is 1.15. The van der Waals surface area contributed by atoms with Crippen molar-refractivity contribution in [3.8, 4) is 6.07 Å². The number of piperazine rings is 1. The van der Waals surface area contributed by atoms with Crippen molar-refractivity contribution in [2.75, 3.05) is 44.7 Å². The number of hydrogen-bond acceptors (Lipinski definition) is 7. The fraction of sp³-hybridized carbons (Fsp3) is 0.429. The van der Waals surface area contributed by atoms with Crippen LogP contribution in [0.4, 0.5) is 5.82 Å². The van der Waals surface area contributed by atoms with Gasteiger partial charge in [0.1, 0.15) is 21.8 Å². The normalized spacial score (nSPS) is 18.9. The number of nitrogens with zero attached hydrogens (tertiary/aromatic N) is 5. The van der Waals surface area contributed by atoms with Crippen LogP contribution in [-0.4, -0.2) is 64.4 Å². The van der Waals surface area contributed by atoms with Crippen molar-refractivity contribution in [2.24, 2.45) is 0 Å². The minimum atomic E-state index is -0.289. The number of pyridine rings is 1. The van der Waals surface area contributed by atoms with Gasteiger partial charge in [-0.05, 0) is 32.5 Å². The van der Waals surface area contributed by atoms with Gasteiger partial charge in [0.25, 0.3) is 11.5 Å². The average Bonchev–Trinajstić information content (AvgIpc) is 2.98. The maximum absolute atomic E-state index is 13.0. The largest absolute Gasteiger partial charge is 0.355 e. The molecule has 1 aromatic rings. The van der Waals surface area contributed by atoms with E-state index in [1.54, 1.807) is 23.6 Å². The molecule has 1 aromatic heterocycles. The number of amides is 1. The smallest absolute Gasteiger partial charge is 0.270 e. The van der Waals surface area contributed by atoms with E-state index in [1.807, 2.05) is 6.92 Å². The number of thioether (sulfide) groups is 1. The van der Waals surface area contributed by atoms with Crippen molar-refractivity contribution in [3.05, 3.63) is 44.6 Å². The second kappa shape index (κ2) is 9.16. The van der Waals surface area contributed by atoms with Crippen LogP contribution in [0.3, 0.4) is 0 Å². The lowest BCUT2D eigenvalue weighted by atomic mass is 10.0. The summed E-state index contributed by atoms with van der Waals surface area (Å²) >= 11 is 6.59. The number of aromatic nitrogens is 1. The van der Waals surface area contributed by atoms with E-state index in [9.17, 15) is 14.9 Å². The molecule has 0 aromatic carbocycles. The molecule has 9 heteroatoms. The Kier molecular flexibility index (Phi) is 6.81. The molecule has 3 heterocycles. The number of rotatable bonds is 5. The molecule has 2 aliphatic rings. The third-order valence-corrected chi connectivity index (χ3v) is 6.80. The number of thiocarbonyl (C=S) groups is 1. The van der Waals surface area contributed by atoms with Crippen LogP contribution in [0.15, 0.2) is 22.4 Å². The molecule has 2 fully saturated rings. The Bertz CT molecular complexity index is 1030. The lowest BCUT2D eigenvalue weighted by Crippen LogP contribution is -2.47. The second-order valence-electron chi connectivity index (χ2n) is 7.27. The molecule has 2 saturated heterocycles. The van der Waals surface area contributed by atoms with E-state index in [1.165, 1.54) is 16.7 Å². The van der Waals surface area contributed by atoms with Crippen molar-refractivity contribution >= 4 is 46.1 Å². The van der Waals surface area contributed by atoms with Gasteiger partial charge < -0.3 is 9.80 Å². The summed E-state index contributed by atoms with van der Waals surface area (Å²) in [6, 6.07) is 2.06. The first-order chi connectivity index (χ1) is 14.3. The van der Waals surface area contributed by atoms with E-state index in [4.69, 9.17) is 12.2 Å². The molecule has 30 heavy (non-hydrogen) atoms. The van der Waals surface area contributed by atoms with Crippen LogP contribution in [0.2, 0.25) is 0 Å². The fourth-order valence-electron chi connectivity index (χ4n) is 3.71. The molecule has 0 radical (unpaired) electrons. The highest BCUT2D eigenvalue weighted by atomic mass is 32.2. The van der Waals surface area contributed by atoms with E-state index in [0.717, 1.165) is 37.6 Å². The first-order valence-electron chi connectivity index (χ1n) is 9.81.